The zero-order valence-corrected chi connectivity index (χ0v) is 19.6. The number of aromatic nitrogens is 1. The number of methoxy groups -OCH3 is 1. The maximum absolute atomic E-state index is 9.64. The van der Waals surface area contributed by atoms with E-state index in [9.17, 15) is 5.26 Å². The van der Waals surface area contributed by atoms with Crippen molar-refractivity contribution in [1.82, 2.24) is 20.5 Å². The first-order valence-corrected chi connectivity index (χ1v) is 11.2. The molecule has 1 saturated heterocycles. The van der Waals surface area contributed by atoms with Gasteiger partial charge >= 0.3 is 0 Å². The fourth-order valence-electron chi connectivity index (χ4n) is 4.30. The lowest BCUT2D eigenvalue weighted by molar-refractivity contribution is 0.0691. The van der Waals surface area contributed by atoms with E-state index in [1.165, 1.54) is 6.21 Å². The molecule has 178 valence electrons. The van der Waals surface area contributed by atoms with E-state index in [1.54, 1.807) is 19.4 Å². The van der Waals surface area contributed by atoms with E-state index in [4.69, 9.17) is 19.9 Å². The minimum absolute atomic E-state index is 0.216. The lowest BCUT2D eigenvalue weighted by Crippen LogP contribution is -2.49. The fraction of sp³-hybridized carbons (Fsp3) is 0.375. The molecule has 0 aliphatic carbocycles. The monoisotopic (exact) mass is 462 g/mol. The number of aromatic amines is 1. The van der Waals surface area contributed by atoms with Gasteiger partial charge in [-0.2, -0.15) is 10.3 Å². The van der Waals surface area contributed by atoms with Crippen LogP contribution in [0.2, 0.25) is 0 Å². The standard InChI is InChI=1S/C24H30N8O2/c1-27-19(6-9-25)18-5-4-17(12-20(18)33-3)30-24-31-22-21(15(13-26)14-28-22)23(32(24)2)29-16-7-10-34-11-8-16/h4-6,9,12,14,16,23,25,27-29H,7-8,10-11H2,1-3H3,(H,30,31)/b19-6-,25-9?. The molecule has 3 heterocycles. The van der Waals surface area contributed by atoms with Crippen LogP contribution in [0, 0.1) is 16.7 Å². The Hall–Kier alpha value is -3.81. The molecule has 10 heteroatoms. The molecule has 1 aromatic heterocycles. The summed E-state index contributed by atoms with van der Waals surface area (Å²) in [6, 6.07) is 8.33. The third-order valence-corrected chi connectivity index (χ3v) is 6.11. The van der Waals surface area contributed by atoms with Crippen molar-refractivity contribution in [2.24, 2.45) is 4.99 Å². The molecule has 0 saturated carbocycles. The molecule has 1 atom stereocenters. The third-order valence-electron chi connectivity index (χ3n) is 6.11. The smallest absolute Gasteiger partial charge is 0.206 e. The van der Waals surface area contributed by atoms with Crippen LogP contribution in [0.3, 0.4) is 0 Å². The lowest BCUT2D eigenvalue weighted by Gasteiger charge is -2.38. The minimum Gasteiger partial charge on any atom is -0.496 e. The second kappa shape index (κ2) is 10.4. The number of allylic oxidation sites excluding steroid dienone is 1. The fourth-order valence-corrected chi connectivity index (χ4v) is 4.30. The highest BCUT2D eigenvalue weighted by molar-refractivity contribution is 5.97. The van der Waals surface area contributed by atoms with Gasteiger partial charge < -0.3 is 35.4 Å². The third kappa shape index (κ3) is 4.62. The first-order chi connectivity index (χ1) is 16.6. The Bertz CT molecular complexity index is 1140. The molecule has 2 aliphatic heterocycles. The number of anilines is 1. The van der Waals surface area contributed by atoms with Crippen molar-refractivity contribution in [3.8, 4) is 11.8 Å². The molecule has 1 aromatic carbocycles. The van der Waals surface area contributed by atoms with Gasteiger partial charge in [0.2, 0.25) is 5.96 Å². The Labute approximate surface area is 199 Å². The summed E-state index contributed by atoms with van der Waals surface area (Å²) in [5, 5.41) is 27.2. The predicted molar refractivity (Wildman–Crippen MR) is 133 cm³/mol. The number of hydrogen-bond donors (Lipinski definition) is 5. The number of rotatable bonds is 7. The highest BCUT2D eigenvalue weighted by Gasteiger charge is 2.33. The zero-order valence-electron chi connectivity index (χ0n) is 19.6. The number of H-pyrrole nitrogens is 1. The maximum atomic E-state index is 9.64. The summed E-state index contributed by atoms with van der Waals surface area (Å²) in [6.07, 6.45) is 6.24. The summed E-state index contributed by atoms with van der Waals surface area (Å²) < 4.78 is 11.1. The average molecular weight is 463 g/mol. The molecular formula is C24H30N8O2. The number of nitrogens with one attached hydrogen (secondary N) is 5. The summed E-state index contributed by atoms with van der Waals surface area (Å²) >= 11 is 0. The molecule has 2 aliphatic rings. The maximum Gasteiger partial charge on any atom is 0.206 e. The van der Waals surface area contributed by atoms with Gasteiger partial charge in [-0.05, 0) is 31.1 Å². The van der Waals surface area contributed by atoms with Crippen LogP contribution in [-0.4, -0.2) is 62.5 Å². The van der Waals surface area contributed by atoms with E-state index in [1.807, 2.05) is 37.2 Å². The number of hydrogen-bond acceptors (Lipinski definition) is 9. The summed E-state index contributed by atoms with van der Waals surface area (Å²) in [5.74, 6) is 1.97. The Morgan fingerprint density at radius 3 is 2.85 bits per heavy atom. The molecule has 34 heavy (non-hydrogen) atoms. The van der Waals surface area contributed by atoms with Gasteiger partial charge in [0.1, 0.15) is 23.8 Å². The van der Waals surface area contributed by atoms with Crippen LogP contribution >= 0.6 is 0 Å². The van der Waals surface area contributed by atoms with Crippen LogP contribution in [0.5, 0.6) is 5.75 Å². The van der Waals surface area contributed by atoms with Gasteiger partial charge in [0, 0.05) is 68.8 Å². The Morgan fingerprint density at radius 2 is 2.18 bits per heavy atom. The number of guanidine groups is 1. The number of nitriles is 1. The number of fused-ring (bicyclic) bond motifs is 1. The summed E-state index contributed by atoms with van der Waals surface area (Å²) in [5.41, 5.74) is 3.87. The van der Waals surface area contributed by atoms with Crippen LogP contribution in [0.15, 0.2) is 35.5 Å². The average Bonchev–Trinajstić information content (AvgIpc) is 3.28. The number of benzene rings is 1. The molecule has 2 aromatic rings. The van der Waals surface area contributed by atoms with Crippen molar-refractivity contribution in [2.75, 3.05) is 39.7 Å². The van der Waals surface area contributed by atoms with Gasteiger partial charge in [0.15, 0.2) is 0 Å². The Balaban J connectivity index is 1.64. The molecule has 0 amide bonds. The van der Waals surface area contributed by atoms with Crippen LogP contribution in [0.4, 0.5) is 11.5 Å². The topological polar surface area (TPSA) is 134 Å². The van der Waals surface area contributed by atoms with Crippen molar-refractivity contribution in [2.45, 2.75) is 25.0 Å². The van der Waals surface area contributed by atoms with Gasteiger partial charge in [-0.1, -0.05) is 0 Å². The Kier molecular flexibility index (Phi) is 7.15. The van der Waals surface area contributed by atoms with Crippen LogP contribution in [-0.2, 0) is 4.74 Å². The summed E-state index contributed by atoms with van der Waals surface area (Å²) in [6.45, 7) is 1.46. The zero-order chi connectivity index (χ0) is 24.1. The quantitative estimate of drug-likeness (QED) is 0.400. The first kappa shape index (κ1) is 23.4. The van der Waals surface area contributed by atoms with Gasteiger partial charge in [-0.3, -0.25) is 5.32 Å². The van der Waals surface area contributed by atoms with Crippen LogP contribution in [0.25, 0.3) is 5.70 Å². The van der Waals surface area contributed by atoms with Crippen molar-refractivity contribution in [3.63, 3.8) is 0 Å². The first-order valence-electron chi connectivity index (χ1n) is 11.2. The second-order valence-electron chi connectivity index (χ2n) is 8.12. The van der Waals surface area contributed by atoms with Gasteiger partial charge in [0.05, 0.1) is 18.2 Å². The molecule has 10 nitrogen and oxygen atoms in total. The highest BCUT2D eigenvalue weighted by atomic mass is 16.5. The van der Waals surface area contributed by atoms with E-state index in [-0.39, 0.29) is 12.2 Å². The van der Waals surface area contributed by atoms with E-state index >= 15 is 0 Å². The van der Waals surface area contributed by atoms with Crippen molar-refractivity contribution in [1.29, 1.82) is 10.7 Å². The lowest BCUT2D eigenvalue weighted by atomic mass is 10.0. The molecule has 4 rings (SSSR count). The molecule has 1 fully saturated rings. The SMILES string of the molecule is CN/C(=C\C=N)c1ccc(NC2=Nc3[nH]cc(C#N)c3C(NC3CCOCC3)N2C)cc1OC. The summed E-state index contributed by atoms with van der Waals surface area (Å²) in [7, 11) is 5.38. The van der Waals surface area contributed by atoms with E-state index in [2.05, 4.69) is 27.0 Å². The van der Waals surface area contributed by atoms with E-state index in [0.717, 1.165) is 48.6 Å². The Morgan fingerprint density at radius 1 is 1.38 bits per heavy atom. The predicted octanol–water partition coefficient (Wildman–Crippen LogP) is 2.92. The van der Waals surface area contributed by atoms with Crippen molar-refractivity contribution >= 4 is 29.4 Å². The summed E-state index contributed by atoms with van der Waals surface area (Å²) in [4.78, 5) is 9.92. The normalized spacial score (nSPS) is 18.5. The number of ether oxygens (including phenoxy) is 2. The van der Waals surface area contributed by atoms with E-state index < -0.39 is 0 Å². The molecule has 0 bridgehead atoms. The van der Waals surface area contributed by atoms with Crippen molar-refractivity contribution < 1.29 is 9.47 Å². The van der Waals surface area contributed by atoms with Gasteiger partial charge in [-0.25, -0.2) is 0 Å². The second-order valence-corrected chi connectivity index (χ2v) is 8.12. The van der Waals surface area contributed by atoms with Gasteiger partial charge in [0.25, 0.3) is 0 Å². The molecule has 0 spiro atoms. The van der Waals surface area contributed by atoms with Crippen LogP contribution in [0.1, 0.15) is 35.7 Å². The molecular weight excluding hydrogens is 432 g/mol. The van der Waals surface area contributed by atoms with Gasteiger partial charge in [-0.15, -0.1) is 0 Å². The van der Waals surface area contributed by atoms with Crippen LogP contribution < -0.4 is 20.7 Å². The van der Waals surface area contributed by atoms with Crippen molar-refractivity contribution in [3.05, 3.63) is 47.2 Å². The molecule has 0 radical (unpaired) electrons. The highest BCUT2D eigenvalue weighted by Crippen LogP contribution is 2.36. The van der Waals surface area contributed by atoms with E-state index in [0.29, 0.717) is 23.1 Å². The number of aliphatic imine (C=N–C) groups is 1. The largest absolute Gasteiger partial charge is 0.496 e. The molecule has 5 N–H and O–H groups in total. The molecule has 1 unspecified atom stereocenters. The minimum atomic E-state index is -0.216. The number of nitrogens with zero attached hydrogens (tertiary/aromatic N) is 3.